The van der Waals surface area contributed by atoms with Crippen molar-refractivity contribution in [1.82, 2.24) is 0 Å². The van der Waals surface area contributed by atoms with Gasteiger partial charge in [-0.05, 0) is 44.2 Å². The zero-order valence-corrected chi connectivity index (χ0v) is 14.2. The minimum Gasteiger partial charge on any atom is -0.311 e. The number of allylic oxidation sites excluding steroid dienone is 2. The van der Waals surface area contributed by atoms with Gasteiger partial charge in [0.2, 0.25) is 0 Å². The summed E-state index contributed by atoms with van der Waals surface area (Å²) in [4.78, 5) is 2.20. The summed E-state index contributed by atoms with van der Waals surface area (Å²) in [5, 5.41) is 0. The SMILES string of the molecule is C=C/C(=C\C)N(c1ccccc1)c1ccc(C)cc1.CCC. The molecule has 0 N–H and O–H groups in total. The summed E-state index contributed by atoms with van der Waals surface area (Å²) in [6.45, 7) is 12.3. The van der Waals surface area contributed by atoms with Crippen molar-refractivity contribution in [1.29, 1.82) is 0 Å². The molecule has 2 aromatic carbocycles. The molecule has 0 saturated carbocycles. The van der Waals surface area contributed by atoms with Crippen molar-refractivity contribution in [2.45, 2.75) is 34.1 Å². The number of nitrogens with zero attached hydrogens (tertiary/aromatic N) is 1. The van der Waals surface area contributed by atoms with E-state index in [1.54, 1.807) is 0 Å². The Morgan fingerprint density at radius 2 is 1.45 bits per heavy atom. The first kappa shape index (κ1) is 17.8. The lowest BCUT2D eigenvalue weighted by Gasteiger charge is -2.26. The Morgan fingerprint density at radius 1 is 0.955 bits per heavy atom. The second-order valence-electron chi connectivity index (χ2n) is 5.13. The highest BCUT2D eigenvalue weighted by atomic mass is 15.1. The molecule has 0 bridgehead atoms. The monoisotopic (exact) mass is 293 g/mol. The van der Waals surface area contributed by atoms with Gasteiger partial charge >= 0.3 is 0 Å². The lowest BCUT2D eigenvalue weighted by molar-refractivity contribution is 1.09. The topological polar surface area (TPSA) is 3.24 Å². The fraction of sp³-hybridized carbons (Fsp3) is 0.238. The van der Waals surface area contributed by atoms with Crippen LogP contribution in [0.3, 0.4) is 0 Å². The van der Waals surface area contributed by atoms with Gasteiger partial charge < -0.3 is 4.90 Å². The smallest absolute Gasteiger partial charge is 0.0461 e. The number of hydrogen-bond acceptors (Lipinski definition) is 1. The van der Waals surface area contributed by atoms with Crippen molar-refractivity contribution in [3.8, 4) is 0 Å². The molecular weight excluding hydrogens is 266 g/mol. The summed E-state index contributed by atoms with van der Waals surface area (Å²) < 4.78 is 0. The molecule has 0 radical (unpaired) electrons. The van der Waals surface area contributed by atoms with Crippen LogP contribution in [0.5, 0.6) is 0 Å². The molecule has 0 aromatic heterocycles. The van der Waals surface area contributed by atoms with Crippen LogP contribution in [0.25, 0.3) is 0 Å². The number of para-hydroxylation sites is 1. The number of hydrogen-bond donors (Lipinski definition) is 0. The molecule has 2 rings (SSSR count). The third-order valence-electron chi connectivity index (χ3n) is 3.07. The van der Waals surface area contributed by atoms with Crippen LogP contribution in [0.4, 0.5) is 11.4 Å². The quantitative estimate of drug-likeness (QED) is 0.571. The Hall–Kier alpha value is -2.28. The fourth-order valence-corrected chi connectivity index (χ4v) is 2.06. The zero-order chi connectivity index (χ0) is 16.4. The van der Waals surface area contributed by atoms with E-state index >= 15 is 0 Å². The summed E-state index contributed by atoms with van der Waals surface area (Å²) in [5.74, 6) is 0. The molecule has 0 spiro atoms. The fourth-order valence-electron chi connectivity index (χ4n) is 2.06. The molecule has 0 amide bonds. The van der Waals surface area contributed by atoms with E-state index in [9.17, 15) is 0 Å². The van der Waals surface area contributed by atoms with Crippen LogP contribution in [0, 0.1) is 6.92 Å². The first-order valence-corrected chi connectivity index (χ1v) is 7.88. The standard InChI is InChI=1S/C18H19N.C3H8/c1-4-16(5-2)19(17-9-7-6-8-10-17)18-13-11-15(3)12-14-18;1-3-2/h4-14H,1H2,2-3H3;3H2,1-2H3/b16-5+;. The van der Waals surface area contributed by atoms with E-state index in [2.05, 4.69) is 74.7 Å². The minimum atomic E-state index is 1.08. The van der Waals surface area contributed by atoms with Gasteiger partial charge in [0, 0.05) is 17.1 Å². The Bertz CT molecular complexity index is 579. The van der Waals surface area contributed by atoms with E-state index in [1.165, 1.54) is 12.0 Å². The van der Waals surface area contributed by atoms with Crippen LogP contribution in [0.1, 0.15) is 32.8 Å². The number of rotatable bonds is 4. The molecule has 0 atom stereocenters. The summed E-state index contributed by atoms with van der Waals surface area (Å²) in [6, 6.07) is 18.9. The molecule has 0 heterocycles. The molecular formula is C21H27N. The van der Waals surface area contributed by atoms with Gasteiger partial charge in [0.05, 0.1) is 0 Å². The molecule has 0 fully saturated rings. The van der Waals surface area contributed by atoms with Gasteiger partial charge in [-0.25, -0.2) is 0 Å². The van der Waals surface area contributed by atoms with Gasteiger partial charge in [-0.2, -0.15) is 0 Å². The number of anilines is 2. The van der Waals surface area contributed by atoms with E-state index in [4.69, 9.17) is 0 Å². The number of aryl methyl sites for hydroxylation is 1. The molecule has 1 nitrogen and oxygen atoms in total. The van der Waals surface area contributed by atoms with Gasteiger partial charge in [-0.15, -0.1) is 0 Å². The Morgan fingerprint density at radius 3 is 1.91 bits per heavy atom. The van der Waals surface area contributed by atoms with Crippen molar-refractivity contribution >= 4 is 11.4 Å². The van der Waals surface area contributed by atoms with Crippen LogP contribution in [0.2, 0.25) is 0 Å². The predicted molar refractivity (Wildman–Crippen MR) is 99.7 cm³/mol. The maximum atomic E-state index is 3.91. The van der Waals surface area contributed by atoms with E-state index < -0.39 is 0 Å². The van der Waals surface area contributed by atoms with Crippen molar-refractivity contribution in [2.75, 3.05) is 4.90 Å². The third kappa shape index (κ3) is 4.92. The Labute approximate surface area is 135 Å². The van der Waals surface area contributed by atoms with Crippen LogP contribution in [0.15, 0.2) is 79.0 Å². The molecule has 0 aliphatic carbocycles. The predicted octanol–water partition coefficient (Wildman–Crippen LogP) is 6.64. The normalized spacial score (nSPS) is 10.5. The maximum Gasteiger partial charge on any atom is 0.0461 e. The van der Waals surface area contributed by atoms with Crippen LogP contribution in [-0.4, -0.2) is 0 Å². The molecule has 0 saturated heterocycles. The zero-order valence-electron chi connectivity index (χ0n) is 14.2. The third-order valence-corrected chi connectivity index (χ3v) is 3.07. The van der Waals surface area contributed by atoms with E-state index in [-0.39, 0.29) is 0 Å². The highest BCUT2D eigenvalue weighted by Crippen LogP contribution is 2.30. The van der Waals surface area contributed by atoms with Crippen LogP contribution in [-0.2, 0) is 0 Å². The summed E-state index contributed by atoms with van der Waals surface area (Å²) in [6.07, 6.45) is 5.20. The highest BCUT2D eigenvalue weighted by Gasteiger charge is 2.11. The van der Waals surface area contributed by atoms with Gasteiger partial charge in [0.15, 0.2) is 0 Å². The summed E-state index contributed by atoms with van der Waals surface area (Å²) in [7, 11) is 0. The van der Waals surface area contributed by atoms with Crippen LogP contribution >= 0.6 is 0 Å². The van der Waals surface area contributed by atoms with Crippen molar-refractivity contribution in [3.05, 3.63) is 84.6 Å². The minimum absolute atomic E-state index is 1.08. The largest absolute Gasteiger partial charge is 0.311 e. The summed E-state index contributed by atoms with van der Waals surface area (Å²) in [5.41, 5.74) is 4.62. The van der Waals surface area contributed by atoms with E-state index in [0.717, 1.165) is 17.1 Å². The van der Waals surface area contributed by atoms with E-state index in [1.807, 2.05) is 31.2 Å². The first-order chi connectivity index (χ1) is 10.7. The van der Waals surface area contributed by atoms with Gasteiger partial charge in [0.1, 0.15) is 0 Å². The lowest BCUT2D eigenvalue weighted by Crippen LogP contribution is -2.14. The van der Waals surface area contributed by atoms with Gasteiger partial charge in [-0.1, -0.05) is 68.8 Å². The van der Waals surface area contributed by atoms with Gasteiger partial charge in [0.25, 0.3) is 0 Å². The average Bonchev–Trinajstić information content (AvgIpc) is 2.55. The molecule has 0 unspecified atom stereocenters. The van der Waals surface area contributed by atoms with Crippen LogP contribution < -0.4 is 4.90 Å². The molecule has 116 valence electrons. The molecule has 2 aromatic rings. The second kappa shape index (κ2) is 9.62. The van der Waals surface area contributed by atoms with E-state index in [0.29, 0.717) is 0 Å². The lowest BCUT2D eigenvalue weighted by atomic mass is 10.1. The summed E-state index contributed by atoms with van der Waals surface area (Å²) >= 11 is 0. The molecule has 0 aliphatic rings. The Balaban J connectivity index is 0.000000745. The second-order valence-corrected chi connectivity index (χ2v) is 5.13. The highest BCUT2D eigenvalue weighted by molar-refractivity contribution is 5.69. The molecule has 0 aliphatic heterocycles. The molecule has 22 heavy (non-hydrogen) atoms. The Kier molecular flexibility index (Phi) is 7.77. The van der Waals surface area contributed by atoms with Crippen molar-refractivity contribution < 1.29 is 0 Å². The molecule has 1 heteroatoms. The van der Waals surface area contributed by atoms with Crippen molar-refractivity contribution in [3.63, 3.8) is 0 Å². The van der Waals surface area contributed by atoms with Crippen molar-refractivity contribution in [2.24, 2.45) is 0 Å². The number of benzene rings is 2. The first-order valence-electron chi connectivity index (χ1n) is 7.88. The van der Waals surface area contributed by atoms with Gasteiger partial charge in [-0.3, -0.25) is 0 Å². The maximum absolute atomic E-state index is 3.91. The average molecular weight is 293 g/mol.